The number of anilines is 1. The summed E-state index contributed by atoms with van der Waals surface area (Å²) in [6.45, 7) is 7.44. The van der Waals surface area contributed by atoms with Crippen LogP contribution in [0.15, 0.2) is 42.5 Å². The zero-order valence-electron chi connectivity index (χ0n) is 17.7. The molecule has 2 rings (SSSR count). The van der Waals surface area contributed by atoms with E-state index in [9.17, 15) is 23.3 Å². The molecule has 1 amide bonds. The Morgan fingerprint density at radius 1 is 1.20 bits per heavy atom. The molecule has 30 heavy (non-hydrogen) atoms. The number of carbonyl (C=O) groups is 1. The van der Waals surface area contributed by atoms with Crippen LogP contribution >= 0.6 is 0 Å². The van der Waals surface area contributed by atoms with E-state index < -0.39 is 26.9 Å². The number of non-ortho nitro benzene ring substituents is 1. The van der Waals surface area contributed by atoms with Gasteiger partial charge in [0.25, 0.3) is 5.69 Å². The van der Waals surface area contributed by atoms with Crippen molar-refractivity contribution in [1.29, 1.82) is 0 Å². The molecule has 0 aliphatic carbocycles. The highest BCUT2D eigenvalue weighted by Gasteiger charge is 2.33. The fourth-order valence-electron chi connectivity index (χ4n) is 3.42. The summed E-state index contributed by atoms with van der Waals surface area (Å²) in [4.78, 5) is 23.6. The highest BCUT2D eigenvalue weighted by Crippen LogP contribution is 2.27. The van der Waals surface area contributed by atoms with Crippen LogP contribution in [0, 0.1) is 24.0 Å². The van der Waals surface area contributed by atoms with Crippen LogP contribution in [0.25, 0.3) is 0 Å². The molecule has 0 heterocycles. The molecule has 0 saturated carbocycles. The Hall–Kier alpha value is -2.94. The number of carbonyl (C=O) groups excluding carboxylic acids is 1. The molecule has 0 fully saturated rings. The molecule has 0 spiro atoms. The van der Waals surface area contributed by atoms with Gasteiger partial charge in [0.2, 0.25) is 15.9 Å². The number of rotatable bonds is 8. The van der Waals surface area contributed by atoms with Crippen LogP contribution in [0.2, 0.25) is 0 Å². The largest absolute Gasteiger partial charge is 0.348 e. The van der Waals surface area contributed by atoms with E-state index in [4.69, 9.17) is 0 Å². The summed E-state index contributed by atoms with van der Waals surface area (Å²) in [5.74, 6) is -0.470. The van der Waals surface area contributed by atoms with Gasteiger partial charge in [-0.25, -0.2) is 8.42 Å². The van der Waals surface area contributed by atoms with Crippen molar-refractivity contribution in [2.75, 3.05) is 10.6 Å². The summed E-state index contributed by atoms with van der Waals surface area (Å²) in [6.07, 6.45) is 1.18. The number of nitrogens with zero attached hydrogens (tertiary/aromatic N) is 2. The Balaban J connectivity index is 2.40. The van der Waals surface area contributed by atoms with Crippen molar-refractivity contribution >= 4 is 27.3 Å². The van der Waals surface area contributed by atoms with Gasteiger partial charge in [0, 0.05) is 12.1 Å². The molecule has 0 unspecified atom stereocenters. The molecule has 162 valence electrons. The Morgan fingerprint density at radius 3 is 2.43 bits per heavy atom. The van der Waals surface area contributed by atoms with Gasteiger partial charge in [0.15, 0.2) is 0 Å². The van der Waals surface area contributed by atoms with Crippen molar-refractivity contribution < 1.29 is 18.1 Å². The lowest BCUT2D eigenvalue weighted by Gasteiger charge is -2.31. The first kappa shape index (κ1) is 23.3. The number of nitro benzene ring substituents is 1. The average Bonchev–Trinajstić information content (AvgIpc) is 2.66. The van der Waals surface area contributed by atoms with Crippen LogP contribution in [0.3, 0.4) is 0 Å². The Kier molecular flexibility index (Phi) is 7.20. The number of amides is 1. The smallest absolute Gasteiger partial charge is 0.271 e. The fraction of sp³-hybridized carbons (Fsp3) is 0.381. The molecular weight excluding hydrogens is 406 g/mol. The summed E-state index contributed by atoms with van der Waals surface area (Å²) in [5, 5.41) is 14.0. The van der Waals surface area contributed by atoms with Crippen LogP contribution in [-0.4, -0.2) is 31.5 Å². The van der Waals surface area contributed by atoms with E-state index in [1.165, 1.54) is 18.2 Å². The van der Waals surface area contributed by atoms with Crippen molar-refractivity contribution in [3.8, 4) is 0 Å². The number of nitrogens with one attached hydrogen (secondary N) is 1. The van der Waals surface area contributed by atoms with Crippen LogP contribution < -0.4 is 9.62 Å². The number of sulfonamides is 1. The predicted molar refractivity (Wildman–Crippen MR) is 117 cm³/mol. The van der Waals surface area contributed by atoms with Crippen molar-refractivity contribution in [1.82, 2.24) is 5.32 Å². The third kappa shape index (κ3) is 5.35. The maximum Gasteiger partial charge on any atom is 0.271 e. The van der Waals surface area contributed by atoms with E-state index in [1.807, 2.05) is 39.0 Å². The SMILES string of the molecule is CC[C@H](C(=O)N[C@@H](C)c1cc(C)ccc1C)N(c1cccc([N+](=O)[O-])c1)S(C)(=O)=O. The third-order valence-electron chi connectivity index (χ3n) is 4.88. The highest BCUT2D eigenvalue weighted by atomic mass is 32.2. The van der Waals surface area contributed by atoms with Crippen LogP contribution in [0.4, 0.5) is 11.4 Å². The predicted octanol–water partition coefficient (Wildman–Crippen LogP) is 3.63. The number of aryl methyl sites for hydroxylation is 2. The molecule has 0 bridgehead atoms. The number of hydrogen-bond acceptors (Lipinski definition) is 5. The number of nitro groups is 1. The lowest BCUT2D eigenvalue weighted by molar-refractivity contribution is -0.384. The summed E-state index contributed by atoms with van der Waals surface area (Å²) in [6, 6.07) is 9.82. The lowest BCUT2D eigenvalue weighted by atomic mass is 9.99. The van der Waals surface area contributed by atoms with Gasteiger partial charge in [-0.05, 0) is 44.4 Å². The molecule has 2 aromatic rings. The van der Waals surface area contributed by atoms with E-state index >= 15 is 0 Å². The van der Waals surface area contributed by atoms with Crippen molar-refractivity contribution in [3.63, 3.8) is 0 Å². The first-order valence-electron chi connectivity index (χ1n) is 9.57. The molecule has 0 aliphatic heterocycles. The van der Waals surface area contributed by atoms with Crippen LogP contribution in [0.5, 0.6) is 0 Å². The molecule has 8 nitrogen and oxygen atoms in total. The molecule has 2 aromatic carbocycles. The molecular formula is C21H27N3O5S. The second kappa shape index (κ2) is 9.25. The first-order chi connectivity index (χ1) is 14.0. The van der Waals surface area contributed by atoms with Gasteiger partial charge in [-0.3, -0.25) is 19.2 Å². The third-order valence-corrected chi connectivity index (χ3v) is 6.06. The second-order valence-electron chi connectivity index (χ2n) is 7.35. The first-order valence-corrected chi connectivity index (χ1v) is 11.4. The average molecular weight is 434 g/mol. The zero-order valence-corrected chi connectivity index (χ0v) is 18.6. The van der Waals surface area contributed by atoms with E-state index in [-0.39, 0.29) is 23.8 Å². The fourth-order valence-corrected chi connectivity index (χ4v) is 4.62. The highest BCUT2D eigenvalue weighted by molar-refractivity contribution is 7.92. The Bertz CT molecular complexity index is 1050. The monoisotopic (exact) mass is 433 g/mol. The molecule has 0 aliphatic rings. The summed E-state index contributed by atoms with van der Waals surface area (Å²) in [5.41, 5.74) is 2.84. The Morgan fingerprint density at radius 2 is 1.87 bits per heavy atom. The second-order valence-corrected chi connectivity index (χ2v) is 9.21. The van der Waals surface area contributed by atoms with Crippen molar-refractivity contribution in [3.05, 3.63) is 69.3 Å². The maximum atomic E-state index is 13.1. The zero-order chi connectivity index (χ0) is 22.6. The van der Waals surface area contributed by atoms with E-state index in [1.54, 1.807) is 6.92 Å². The lowest BCUT2D eigenvalue weighted by Crippen LogP contribution is -2.49. The summed E-state index contributed by atoms with van der Waals surface area (Å²) >= 11 is 0. The van der Waals surface area contributed by atoms with Gasteiger partial charge in [-0.1, -0.05) is 36.8 Å². The number of hydrogen-bond donors (Lipinski definition) is 1. The maximum absolute atomic E-state index is 13.1. The van der Waals surface area contributed by atoms with Crippen molar-refractivity contribution in [2.24, 2.45) is 0 Å². The quantitative estimate of drug-likeness (QED) is 0.505. The minimum absolute atomic E-state index is 0.0769. The van der Waals surface area contributed by atoms with Gasteiger partial charge in [-0.2, -0.15) is 0 Å². The van der Waals surface area contributed by atoms with Gasteiger partial charge in [-0.15, -0.1) is 0 Å². The molecule has 0 saturated heterocycles. The molecule has 9 heteroatoms. The van der Waals surface area contributed by atoms with Crippen LogP contribution in [-0.2, 0) is 14.8 Å². The summed E-state index contributed by atoms with van der Waals surface area (Å²) < 4.78 is 26.0. The summed E-state index contributed by atoms with van der Waals surface area (Å²) in [7, 11) is -3.88. The van der Waals surface area contributed by atoms with Gasteiger partial charge in [0.05, 0.1) is 22.9 Å². The van der Waals surface area contributed by atoms with Gasteiger partial charge in [0.1, 0.15) is 6.04 Å². The molecule has 0 radical (unpaired) electrons. The van der Waals surface area contributed by atoms with Gasteiger partial charge >= 0.3 is 0 Å². The van der Waals surface area contributed by atoms with Gasteiger partial charge < -0.3 is 5.32 Å². The minimum Gasteiger partial charge on any atom is -0.348 e. The minimum atomic E-state index is -3.88. The Labute approximate surface area is 177 Å². The standard InChI is InChI=1S/C21H27N3O5S/c1-6-20(21(25)22-16(4)19-12-14(2)10-11-15(19)3)23(30(5,28)29)17-8-7-9-18(13-17)24(26)27/h7-13,16,20H,6H2,1-5H3,(H,22,25)/t16-,20+/m0/s1. The molecule has 1 N–H and O–H groups in total. The number of benzene rings is 2. The van der Waals surface area contributed by atoms with Crippen LogP contribution in [0.1, 0.15) is 43.0 Å². The molecule has 2 atom stereocenters. The van der Waals surface area contributed by atoms with Crippen molar-refractivity contribution in [2.45, 2.75) is 46.2 Å². The van der Waals surface area contributed by atoms with E-state index in [0.29, 0.717) is 0 Å². The van der Waals surface area contributed by atoms with E-state index in [0.717, 1.165) is 33.3 Å². The van der Waals surface area contributed by atoms with E-state index in [2.05, 4.69) is 5.32 Å². The normalized spacial score (nSPS) is 13.4. The topological polar surface area (TPSA) is 110 Å². The molecule has 0 aromatic heterocycles.